The molecule has 21 heavy (non-hydrogen) atoms. The lowest BCUT2D eigenvalue weighted by atomic mass is 10.0. The molecule has 0 spiro atoms. The molecule has 2 rings (SSSR count). The van der Waals surface area contributed by atoms with E-state index in [4.69, 9.17) is 5.73 Å². The molecule has 0 aliphatic carbocycles. The molecule has 0 saturated carbocycles. The maximum Gasteiger partial charge on any atom is 0.275 e. The van der Waals surface area contributed by atoms with E-state index in [-0.39, 0.29) is 11.4 Å². The SMILES string of the molecule is CC(C)c1ccc(-n2cc(O)c(C(=O)NCCN)n2)cc1. The summed E-state index contributed by atoms with van der Waals surface area (Å²) in [4.78, 5) is 11.8. The van der Waals surface area contributed by atoms with Gasteiger partial charge in [0.1, 0.15) is 0 Å². The molecule has 0 fully saturated rings. The molecule has 4 N–H and O–H groups in total. The van der Waals surface area contributed by atoms with Crippen molar-refractivity contribution in [2.75, 3.05) is 13.1 Å². The number of rotatable bonds is 5. The van der Waals surface area contributed by atoms with Gasteiger partial charge in [0.25, 0.3) is 5.91 Å². The summed E-state index contributed by atoms with van der Waals surface area (Å²) in [5.74, 6) is -0.143. The summed E-state index contributed by atoms with van der Waals surface area (Å²) in [6.07, 6.45) is 1.42. The molecule has 6 nitrogen and oxygen atoms in total. The van der Waals surface area contributed by atoms with Gasteiger partial charge in [-0.05, 0) is 23.6 Å². The quantitative estimate of drug-likeness (QED) is 0.775. The smallest absolute Gasteiger partial charge is 0.275 e. The van der Waals surface area contributed by atoms with E-state index in [2.05, 4.69) is 24.3 Å². The normalized spacial score (nSPS) is 10.9. The van der Waals surface area contributed by atoms with Crippen LogP contribution in [-0.4, -0.2) is 33.9 Å². The van der Waals surface area contributed by atoms with E-state index in [1.165, 1.54) is 16.4 Å². The zero-order valence-corrected chi connectivity index (χ0v) is 12.2. The van der Waals surface area contributed by atoms with Gasteiger partial charge in [0.15, 0.2) is 11.4 Å². The van der Waals surface area contributed by atoms with Gasteiger partial charge in [0, 0.05) is 13.1 Å². The van der Waals surface area contributed by atoms with Crippen LogP contribution in [0.1, 0.15) is 35.8 Å². The van der Waals surface area contributed by atoms with Gasteiger partial charge in [-0.1, -0.05) is 26.0 Å². The predicted octanol–water partition coefficient (Wildman–Crippen LogP) is 1.39. The van der Waals surface area contributed by atoms with E-state index in [0.29, 0.717) is 19.0 Å². The summed E-state index contributed by atoms with van der Waals surface area (Å²) >= 11 is 0. The van der Waals surface area contributed by atoms with Gasteiger partial charge >= 0.3 is 0 Å². The minimum absolute atomic E-state index is 0.00335. The maximum absolute atomic E-state index is 11.8. The van der Waals surface area contributed by atoms with Gasteiger partial charge in [-0.3, -0.25) is 4.79 Å². The number of carbonyl (C=O) groups excluding carboxylic acids is 1. The molecule has 1 aromatic carbocycles. The molecule has 0 aliphatic heterocycles. The van der Waals surface area contributed by atoms with E-state index in [1.807, 2.05) is 24.3 Å². The van der Waals surface area contributed by atoms with Crippen molar-refractivity contribution in [2.45, 2.75) is 19.8 Å². The van der Waals surface area contributed by atoms with Crippen LogP contribution >= 0.6 is 0 Å². The highest BCUT2D eigenvalue weighted by atomic mass is 16.3. The van der Waals surface area contributed by atoms with E-state index < -0.39 is 5.91 Å². The molecule has 1 heterocycles. The molecule has 2 aromatic rings. The molecule has 0 unspecified atom stereocenters. The Balaban J connectivity index is 2.23. The van der Waals surface area contributed by atoms with Gasteiger partial charge in [0.05, 0.1) is 11.9 Å². The number of aromatic hydroxyl groups is 1. The first-order valence-electron chi connectivity index (χ1n) is 6.90. The topological polar surface area (TPSA) is 93.2 Å². The minimum Gasteiger partial charge on any atom is -0.504 e. The molecule has 1 aromatic heterocycles. The average molecular weight is 288 g/mol. The molecule has 0 radical (unpaired) electrons. The number of amides is 1. The summed E-state index contributed by atoms with van der Waals surface area (Å²) in [5.41, 5.74) is 7.32. The highest BCUT2D eigenvalue weighted by Crippen LogP contribution is 2.20. The second-order valence-electron chi connectivity index (χ2n) is 5.10. The van der Waals surface area contributed by atoms with Crippen molar-refractivity contribution in [1.29, 1.82) is 0 Å². The molecule has 0 aliphatic rings. The highest BCUT2D eigenvalue weighted by Gasteiger charge is 2.16. The molecule has 6 heteroatoms. The molecule has 0 saturated heterocycles. The van der Waals surface area contributed by atoms with Crippen LogP contribution in [0.25, 0.3) is 5.69 Å². The molecular formula is C15H20N4O2. The van der Waals surface area contributed by atoms with Crippen molar-refractivity contribution in [2.24, 2.45) is 5.73 Å². The summed E-state index contributed by atoms with van der Waals surface area (Å²) in [6.45, 7) is 4.92. The summed E-state index contributed by atoms with van der Waals surface area (Å²) in [7, 11) is 0. The van der Waals surface area contributed by atoms with Crippen molar-refractivity contribution in [3.63, 3.8) is 0 Å². The zero-order chi connectivity index (χ0) is 15.4. The van der Waals surface area contributed by atoms with E-state index >= 15 is 0 Å². The first-order chi connectivity index (χ1) is 10.0. The Morgan fingerprint density at radius 2 is 2.05 bits per heavy atom. The van der Waals surface area contributed by atoms with Gasteiger partial charge in [-0.2, -0.15) is 5.10 Å². The first kappa shape index (κ1) is 15.1. The number of nitrogens with one attached hydrogen (secondary N) is 1. The number of hydrogen-bond donors (Lipinski definition) is 3. The summed E-state index contributed by atoms with van der Waals surface area (Å²) < 4.78 is 1.48. The number of aromatic nitrogens is 2. The van der Waals surface area contributed by atoms with Crippen molar-refractivity contribution in [1.82, 2.24) is 15.1 Å². The van der Waals surface area contributed by atoms with Crippen LogP contribution in [0.2, 0.25) is 0 Å². The van der Waals surface area contributed by atoms with Gasteiger partial charge < -0.3 is 16.2 Å². The standard InChI is InChI=1S/C15H20N4O2/c1-10(2)11-3-5-12(6-4-11)19-9-13(20)14(18-19)15(21)17-8-7-16/h3-6,9-10,20H,7-8,16H2,1-2H3,(H,17,21). The number of carbonyl (C=O) groups is 1. The number of nitrogens with two attached hydrogens (primary N) is 1. The molecule has 0 bridgehead atoms. The number of benzene rings is 1. The first-order valence-corrected chi connectivity index (χ1v) is 6.90. The highest BCUT2D eigenvalue weighted by molar-refractivity contribution is 5.94. The van der Waals surface area contributed by atoms with Crippen LogP contribution in [0.4, 0.5) is 0 Å². The number of hydrogen-bond acceptors (Lipinski definition) is 4. The third-order valence-electron chi connectivity index (χ3n) is 3.16. The zero-order valence-electron chi connectivity index (χ0n) is 12.2. The Bertz CT molecular complexity index is 617. The largest absolute Gasteiger partial charge is 0.504 e. The Labute approximate surface area is 123 Å². The van der Waals surface area contributed by atoms with Crippen LogP contribution < -0.4 is 11.1 Å². The summed E-state index contributed by atoms with van der Waals surface area (Å²) in [6, 6.07) is 7.83. The Kier molecular flexibility index (Phi) is 4.59. The van der Waals surface area contributed by atoms with Crippen molar-refractivity contribution in [3.05, 3.63) is 41.7 Å². The van der Waals surface area contributed by atoms with E-state index in [1.54, 1.807) is 0 Å². The third kappa shape index (κ3) is 3.41. The molecule has 0 atom stereocenters. The second kappa shape index (κ2) is 6.41. The van der Waals surface area contributed by atoms with Crippen molar-refractivity contribution >= 4 is 5.91 Å². The average Bonchev–Trinajstić information content (AvgIpc) is 2.87. The maximum atomic E-state index is 11.8. The fraction of sp³-hybridized carbons (Fsp3) is 0.333. The fourth-order valence-electron chi connectivity index (χ4n) is 1.94. The Morgan fingerprint density at radius 3 is 2.62 bits per heavy atom. The summed E-state index contributed by atoms with van der Waals surface area (Å²) in [5, 5.41) is 16.5. The minimum atomic E-state index is -0.435. The van der Waals surface area contributed by atoms with Crippen LogP contribution in [-0.2, 0) is 0 Å². The van der Waals surface area contributed by atoms with Crippen molar-refractivity contribution in [3.8, 4) is 11.4 Å². The number of nitrogens with zero attached hydrogens (tertiary/aromatic N) is 2. The predicted molar refractivity (Wildman–Crippen MR) is 80.7 cm³/mol. The van der Waals surface area contributed by atoms with Crippen LogP contribution in [0.3, 0.4) is 0 Å². The second-order valence-corrected chi connectivity index (χ2v) is 5.10. The van der Waals surface area contributed by atoms with Gasteiger partial charge in [0.2, 0.25) is 0 Å². The lowest BCUT2D eigenvalue weighted by molar-refractivity contribution is 0.0947. The Hall–Kier alpha value is -2.34. The fourth-order valence-corrected chi connectivity index (χ4v) is 1.94. The third-order valence-corrected chi connectivity index (χ3v) is 3.16. The monoisotopic (exact) mass is 288 g/mol. The van der Waals surface area contributed by atoms with Crippen LogP contribution in [0, 0.1) is 0 Å². The molecule has 1 amide bonds. The van der Waals surface area contributed by atoms with Gasteiger partial charge in [-0.15, -0.1) is 0 Å². The van der Waals surface area contributed by atoms with E-state index in [0.717, 1.165) is 5.69 Å². The lowest BCUT2D eigenvalue weighted by Crippen LogP contribution is -2.29. The molecular weight excluding hydrogens is 268 g/mol. The van der Waals surface area contributed by atoms with Crippen LogP contribution in [0.15, 0.2) is 30.5 Å². The van der Waals surface area contributed by atoms with Crippen molar-refractivity contribution < 1.29 is 9.90 Å². The van der Waals surface area contributed by atoms with Gasteiger partial charge in [-0.25, -0.2) is 4.68 Å². The van der Waals surface area contributed by atoms with E-state index in [9.17, 15) is 9.90 Å². The Morgan fingerprint density at radius 1 is 1.38 bits per heavy atom. The lowest BCUT2D eigenvalue weighted by Gasteiger charge is -2.06. The van der Waals surface area contributed by atoms with Crippen LogP contribution in [0.5, 0.6) is 5.75 Å². The molecule has 112 valence electrons.